The predicted octanol–water partition coefficient (Wildman–Crippen LogP) is 2.62. The van der Waals surface area contributed by atoms with E-state index >= 15 is 0 Å². The molecule has 5 nitrogen and oxygen atoms in total. The summed E-state index contributed by atoms with van der Waals surface area (Å²) in [6.45, 7) is 1.67. The summed E-state index contributed by atoms with van der Waals surface area (Å²) in [6.07, 6.45) is 1.28. The van der Waals surface area contributed by atoms with Gasteiger partial charge < -0.3 is 15.0 Å². The number of benzene rings is 1. The highest BCUT2D eigenvalue weighted by Crippen LogP contribution is 2.31. The Morgan fingerprint density at radius 2 is 2.23 bits per heavy atom. The summed E-state index contributed by atoms with van der Waals surface area (Å²) in [6, 6.07) is 9.94. The number of likely N-dealkylation sites (tertiary alicyclic amines) is 1. The molecule has 0 bridgehead atoms. The Morgan fingerprint density at radius 1 is 1.36 bits per heavy atom. The first-order chi connectivity index (χ1) is 10.7. The van der Waals surface area contributed by atoms with Gasteiger partial charge in [-0.25, -0.2) is 4.79 Å². The van der Waals surface area contributed by atoms with Crippen LogP contribution in [0.5, 0.6) is 0 Å². The second-order valence-corrected chi connectivity index (χ2v) is 6.99. The van der Waals surface area contributed by atoms with Crippen molar-refractivity contribution in [3.8, 4) is 0 Å². The van der Waals surface area contributed by atoms with E-state index in [0.29, 0.717) is 19.6 Å². The Hall–Kier alpha value is -2.08. The summed E-state index contributed by atoms with van der Waals surface area (Å²) in [7, 11) is 0. The second kappa shape index (κ2) is 4.98. The molecule has 2 aromatic rings. The summed E-state index contributed by atoms with van der Waals surface area (Å²) < 4.78 is 6.54. The molecule has 22 heavy (non-hydrogen) atoms. The van der Waals surface area contributed by atoms with Gasteiger partial charge in [-0.15, -0.1) is 11.3 Å². The van der Waals surface area contributed by atoms with Gasteiger partial charge in [0.25, 0.3) is 5.91 Å². The highest BCUT2D eigenvalue weighted by molar-refractivity contribution is 7.20. The number of alkyl carbamates (subject to hydrolysis) is 1. The number of amides is 2. The summed E-state index contributed by atoms with van der Waals surface area (Å²) in [4.78, 5) is 26.7. The minimum absolute atomic E-state index is 0.0308. The topological polar surface area (TPSA) is 58.6 Å². The van der Waals surface area contributed by atoms with Crippen LogP contribution in [-0.2, 0) is 4.74 Å². The number of nitrogens with zero attached hydrogens (tertiary/aromatic N) is 1. The van der Waals surface area contributed by atoms with Crippen LogP contribution in [0.25, 0.3) is 10.1 Å². The van der Waals surface area contributed by atoms with Crippen LogP contribution in [0, 0.1) is 0 Å². The van der Waals surface area contributed by atoms with Crippen molar-refractivity contribution >= 4 is 33.4 Å². The maximum absolute atomic E-state index is 12.8. The molecule has 6 heteroatoms. The van der Waals surface area contributed by atoms with Crippen LogP contribution < -0.4 is 5.32 Å². The molecule has 114 valence electrons. The lowest BCUT2D eigenvalue weighted by Crippen LogP contribution is -2.52. The Balaban J connectivity index is 1.58. The SMILES string of the molecule is O=C1NC[C@@]2(CCCN(C(=O)c3cc4ccccc4s3)C2)O1. The third-order valence-electron chi connectivity index (χ3n) is 4.33. The molecular formula is C16H16N2O3S. The predicted molar refractivity (Wildman–Crippen MR) is 84.2 cm³/mol. The van der Waals surface area contributed by atoms with Crippen molar-refractivity contribution < 1.29 is 14.3 Å². The monoisotopic (exact) mass is 316 g/mol. The van der Waals surface area contributed by atoms with Gasteiger partial charge in [-0.05, 0) is 30.4 Å². The van der Waals surface area contributed by atoms with Crippen molar-refractivity contribution in [3.05, 3.63) is 35.2 Å². The standard InChI is InChI=1S/C16H16N2O3S/c19-14(13-8-11-4-1-2-5-12(11)22-13)18-7-3-6-16(10-18)9-17-15(20)21-16/h1-2,4-5,8H,3,6-7,9-10H2,(H,17,20)/t16-/m1/s1. The zero-order chi connectivity index (χ0) is 15.2. The van der Waals surface area contributed by atoms with Crippen LogP contribution >= 0.6 is 11.3 Å². The van der Waals surface area contributed by atoms with Gasteiger partial charge in [0.15, 0.2) is 0 Å². The van der Waals surface area contributed by atoms with Gasteiger partial charge in [0, 0.05) is 11.2 Å². The van der Waals surface area contributed by atoms with Gasteiger partial charge in [0.2, 0.25) is 0 Å². The number of thiophene rings is 1. The van der Waals surface area contributed by atoms with E-state index in [1.54, 1.807) is 0 Å². The highest BCUT2D eigenvalue weighted by atomic mass is 32.1. The fraction of sp³-hybridized carbons (Fsp3) is 0.375. The number of fused-ring (bicyclic) bond motifs is 1. The molecule has 1 N–H and O–H groups in total. The minimum Gasteiger partial charge on any atom is -0.439 e. The van der Waals surface area contributed by atoms with E-state index in [1.807, 2.05) is 35.2 Å². The highest BCUT2D eigenvalue weighted by Gasteiger charge is 2.45. The van der Waals surface area contributed by atoms with Crippen molar-refractivity contribution in [3.63, 3.8) is 0 Å². The number of carbonyl (C=O) groups excluding carboxylic acids is 2. The van der Waals surface area contributed by atoms with Gasteiger partial charge in [-0.1, -0.05) is 18.2 Å². The lowest BCUT2D eigenvalue weighted by Gasteiger charge is -2.37. The minimum atomic E-state index is -0.540. The van der Waals surface area contributed by atoms with E-state index in [0.717, 1.165) is 27.8 Å². The Labute approximate surface area is 131 Å². The summed E-state index contributed by atoms with van der Waals surface area (Å²) in [5.41, 5.74) is -0.540. The Morgan fingerprint density at radius 3 is 3.00 bits per heavy atom. The van der Waals surface area contributed by atoms with Gasteiger partial charge in [0.05, 0.1) is 18.0 Å². The number of nitrogens with one attached hydrogen (secondary N) is 1. The molecule has 4 rings (SSSR count). The van der Waals surface area contributed by atoms with Crippen molar-refractivity contribution in [2.24, 2.45) is 0 Å². The quantitative estimate of drug-likeness (QED) is 0.880. The molecule has 2 saturated heterocycles. The summed E-state index contributed by atoms with van der Waals surface area (Å²) in [5.74, 6) is 0.0308. The molecule has 0 unspecified atom stereocenters. The second-order valence-electron chi connectivity index (χ2n) is 5.90. The zero-order valence-corrected chi connectivity index (χ0v) is 12.8. The maximum atomic E-state index is 12.8. The summed E-state index contributed by atoms with van der Waals surface area (Å²) in [5, 5.41) is 3.80. The first kappa shape index (κ1) is 13.6. The normalized spacial score (nSPS) is 24.5. The van der Waals surface area contributed by atoms with E-state index in [-0.39, 0.29) is 12.0 Å². The van der Waals surface area contributed by atoms with Gasteiger partial charge >= 0.3 is 6.09 Å². The van der Waals surface area contributed by atoms with Crippen molar-refractivity contribution in [2.45, 2.75) is 18.4 Å². The van der Waals surface area contributed by atoms with Crippen LogP contribution in [0.4, 0.5) is 4.79 Å². The fourth-order valence-electron chi connectivity index (χ4n) is 3.24. The smallest absolute Gasteiger partial charge is 0.407 e. The maximum Gasteiger partial charge on any atom is 0.407 e. The number of piperidine rings is 1. The van der Waals surface area contributed by atoms with E-state index in [1.165, 1.54) is 11.3 Å². The largest absolute Gasteiger partial charge is 0.439 e. The molecule has 0 radical (unpaired) electrons. The van der Waals surface area contributed by atoms with Crippen LogP contribution in [0.15, 0.2) is 30.3 Å². The lowest BCUT2D eigenvalue weighted by atomic mass is 9.93. The van der Waals surface area contributed by atoms with Crippen LogP contribution in [0.3, 0.4) is 0 Å². The third-order valence-corrected chi connectivity index (χ3v) is 5.43. The number of hydrogen-bond acceptors (Lipinski definition) is 4. The van der Waals surface area contributed by atoms with Crippen molar-refractivity contribution in [2.75, 3.05) is 19.6 Å². The molecule has 1 aromatic heterocycles. The number of ether oxygens (including phenoxy) is 1. The first-order valence-electron chi connectivity index (χ1n) is 7.40. The van der Waals surface area contributed by atoms with E-state index < -0.39 is 5.60 Å². The molecule has 3 heterocycles. The molecule has 2 aliphatic rings. The van der Waals surface area contributed by atoms with Crippen LogP contribution in [-0.4, -0.2) is 42.1 Å². The molecule has 1 atom stereocenters. The molecule has 0 aliphatic carbocycles. The molecule has 2 fully saturated rings. The van der Waals surface area contributed by atoms with Crippen molar-refractivity contribution in [1.82, 2.24) is 10.2 Å². The van der Waals surface area contributed by atoms with Gasteiger partial charge in [0.1, 0.15) is 5.60 Å². The van der Waals surface area contributed by atoms with Crippen molar-refractivity contribution in [1.29, 1.82) is 0 Å². The van der Waals surface area contributed by atoms with E-state index in [2.05, 4.69) is 5.32 Å². The molecule has 0 saturated carbocycles. The molecule has 1 aromatic carbocycles. The van der Waals surface area contributed by atoms with E-state index in [9.17, 15) is 9.59 Å². The first-order valence-corrected chi connectivity index (χ1v) is 8.22. The molecule has 2 amide bonds. The number of carbonyl (C=O) groups is 2. The van der Waals surface area contributed by atoms with Crippen LogP contribution in [0.2, 0.25) is 0 Å². The average molecular weight is 316 g/mol. The van der Waals surface area contributed by atoms with Gasteiger partial charge in [-0.3, -0.25) is 4.79 Å². The molecular weight excluding hydrogens is 300 g/mol. The zero-order valence-electron chi connectivity index (χ0n) is 12.0. The summed E-state index contributed by atoms with van der Waals surface area (Å²) >= 11 is 1.52. The van der Waals surface area contributed by atoms with Crippen LogP contribution in [0.1, 0.15) is 22.5 Å². The Bertz CT molecular complexity index is 724. The number of hydrogen-bond donors (Lipinski definition) is 1. The fourth-order valence-corrected chi connectivity index (χ4v) is 4.27. The lowest BCUT2D eigenvalue weighted by molar-refractivity contribution is -0.00486. The number of rotatable bonds is 1. The van der Waals surface area contributed by atoms with Gasteiger partial charge in [-0.2, -0.15) is 0 Å². The van der Waals surface area contributed by atoms with E-state index in [4.69, 9.17) is 4.74 Å². The molecule has 1 spiro atoms. The molecule has 2 aliphatic heterocycles. The Kier molecular flexibility index (Phi) is 3.07. The average Bonchev–Trinajstić information content (AvgIpc) is 3.10. The third kappa shape index (κ3) is 2.23.